The van der Waals surface area contributed by atoms with E-state index in [0.29, 0.717) is 6.61 Å². The molecule has 0 saturated heterocycles. The molecular weight excluding hydrogens is 611 g/mol. The second kappa shape index (κ2) is 10.5. The zero-order valence-corrected chi connectivity index (χ0v) is 19.7. The van der Waals surface area contributed by atoms with Crippen LogP contribution in [0.1, 0.15) is 27.0 Å². The van der Waals surface area contributed by atoms with Gasteiger partial charge in [-0.2, -0.15) is 10.4 Å². The highest BCUT2D eigenvalue weighted by molar-refractivity contribution is 14.1. The van der Waals surface area contributed by atoms with Crippen LogP contribution in [0.25, 0.3) is 0 Å². The molecule has 0 bridgehead atoms. The van der Waals surface area contributed by atoms with Crippen molar-refractivity contribution < 1.29 is 13.9 Å². The lowest BCUT2D eigenvalue weighted by molar-refractivity contribution is 0.0951. The quantitative estimate of drug-likeness (QED) is 0.231. The number of ether oxygens (including phenoxy) is 1. The maximum atomic E-state index is 13.9. The van der Waals surface area contributed by atoms with Crippen LogP contribution in [0.4, 0.5) is 4.39 Å². The number of amides is 1. The van der Waals surface area contributed by atoms with Crippen LogP contribution < -0.4 is 10.2 Å². The van der Waals surface area contributed by atoms with Gasteiger partial charge < -0.3 is 4.74 Å². The fraction of sp³-hybridized carbons (Fsp3) is 0.0455. The van der Waals surface area contributed by atoms with Gasteiger partial charge in [-0.25, -0.2) is 9.82 Å². The van der Waals surface area contributed by atoms with Crippen LogP contribution in [-0.4, -0.2) is 12.1 Å². The SMILES string of the molecule is N#Cc1ccc(C(=O)N/N=C\c2ccc(OCc3ccc(I)cc3)c(I)c2)c(F)c1. The molecule has 0 unspecified atom stereocenters. The first-order chi connectivity index (χ1) is 14.5. The first kappa shape index (κ1) is 22.2. The molecule has 3 aromatic carbocycles. The summed E-state index contributed by atoms with van der Waals surface area (Å²) in [6.07, 6.45) is 1.46. The number of carbonyl (C=O) groups is 1. The fourth-order valence-electron chi connectivity index (χ4n) is 2.45. The van der Waals surface area contributed by atoms with E-state index in [1.54, 1.807) is 0 Å². The second-order valence-electron chi connectivity index (χ2n) is 6.11. The van der Waals surface area contributed by atoms with Crippen LogP contribution in [-0.2, 0) is 6.61 Å². The molecule has 0 atom stereocenters. The van der Waals surface area contributed by atoms with Gasteiger partial charge in [-0.3, -0.25) is 4.79 Å². The van der Waals surface area contributed by atoms with Crippen molar-refractivity contribution in [3.8, 4) is 11.8 Å². The van der Waals surface area contributed by atoms with Crippen molar-refractivity contribution in [2.75, 3.05) is 0 Å². The molecule has 0 aliphatic heterocycles. The topological polar surface area (TPSA) is 74.5 Å². The monoisotopic (exact) mass is 625 g/mol. The molecule has 30 heavy (non-hydrogen) atoms. The molecule has 0 spiro atoms. The summed E-state index contributed by atoms with van der Waals surface area (Å²) in [5.41, 5.74) is 4.08. The summed E-state index contributed by atoms with van der Waals surface area (Å²) in [7, 11) is 0. The second-order valence-corrected chi connectivity index (χ2v) is 8.52. The van der Waals surface area contributed by atoms with Crippen LogP contribution in [0.5, 0.6) is 5.75 Å². The number of nitriles is 1. The summed E-state index contributed by atoms with van der Waals surface area (Å²) in [5, 5.41) is 12.6. The van der Waals surface area contributed by atoms with Crippen molar-refractivity contribution in [1.82, 2.24) is 5.43 Å². The number of hydrazone groups is 1. The third kappa shape index (κ3) is 5.99. The van der Waals surface area contributed by atoms with E-state index in [9.17, 15) is 9.18 Å². The maximum absolute atomic E-state index is 13.9. The van der Waals surface area contributed by atoms with Gasteiger partial charge in [-0.15, -0.1) is 0 Å². The highest BCUT2D eigenvalue weighted by Crippen LogP contribution is 2.23. The number of benzene rings is 3. The molecule has 1 amide bonds. The summed E-state index contributed by atoms with van der Waals surface area (Å²) in [6.45, 7) is 0.465. The third-order valence-corrected chi connectivity index (χ3v) is 5.55. The minimum atomic E-state index is -0.772. The predicted molar refractivity (Wildman–Crippen MR) is 129 cm³/mol. The zero-order chi connectivity index (χ0) is 21.5. The third-order valence-electron chi connectivity index (χ3n) is 3.99. The van der Waals surface area contributed by atoms with E-state index in [4.69, 9.17) is 10.00 Å². The van der Waals surface area contributed by atoms with Gasteiger partial charge >= 0.3 is 0 Å². The Morgan fingerprint density at radius 3 is 2.57 bits per heavy atom. The molecule has 3 rings (SSSR count). The maximum Gasteiger partial charge on any atom is 0.274 e. The van der Waals surface area contributed by atoms with Gasteiger partial charge in [0.25, 0.3) is 5.91 Å². The lowest BCUT2D eigenvalue weighted by Crippen LogP contribution is -2.19. The molecule has 0 aromatic heterocycles. The minimum absolute atomic E-state index is 0.145. The van der Waals surface area contributed by atoms with E-state index in [-0.39, 0.29) is 11.1 Å². The largest absolute Gasteiger partial charge is 0.488 e. The molecule has 3 aromatic rings. The highest BCUT2D eigenvalue weighted by atomic mass is 127. The van der Waals surface area contributed by atoms with E-state index in [0.717, 1.165) is 26.5 Å². The lowest BCUT2D eigenvalue weighted by Gasteiger charge is -2.09. The van der Waals surface area contributed by atoms with Gasteiger partial charge in [0.2, 0.25) is 0 Å². The average molecular weight is 625 g/mol. The molecule has 0 saturated carbocycles. The number of rotatable bonds is 6. The van der Waals surface area contributed by atoms with Crippen molar-refractivity contribution in [1.29, 1.82) is 5.26 Å². The molecular formula is C22H14FI2N3O2. The summed E-state index contributed by atoms with van der Waals surface area (Å²) in [4.78, 5) is 12.0. The zero-order valence-electron chi connectivity index (χ0n) is 15.4. The summed E-state index contributed by atoms with van der Waals surface area (Å²) >= 11 is 4.43. The standard InChI is InChI=1S/C22H14FI2N3O2/c23-19-9-15(11-26)3-7-18(19)22(29)28-27-12-16-4-8-21(20(25)10-16)30-13-14-1-5-17(24)6-2-14/h1-10,12H,13H2,(H,28,29)/b27-12-. The Hall–Kier alpha value is -2.52. The lowest BCUT2D eigenvalue weighted by atomic mass is 10.1. The van der Waals surface area contributed by atoms with Crippen molar-refractivity contribution >= 4 is 57.3 Å². The molecule has 0 radical (unpaired) electrons. The molecule has 0 fully saturated rings. The fourth-order valence-corrected chi connectivity index (χ4v) is 3.51. The van der Waals surface area contributed by atoms with Crippen LogP contribution in [0, 0.1) is 24.3 Å². The Bertz CT molecular complexity index is 1140. The van der Waals surface area contributed by atoms with Crippen molar-refractivity contribution in [2.24, 2.45) is 5.10 Å². The molecule has 0 aliphatic carbocycles. The van der Waals surface area contributed by atoms with Crippen LogP contribution in [0.2, 0.25) is 0 Å². The summed E-state index contributed by atoms with van der Waals surface area (Å²) in [5.74, 6) is -0.721. The number of hydrogen-bond acceptors (Lipinski definition) is 4. The van der Waals surface area contributed by atoms with Crippen molar-refractivity contribution in [2.45, 2.75) is 6.61 Å². The minimum Gasteiger partial charge on any atom is -0.488 e. The first-order valence-corrected chi connectivity index (χ1v) is 10.8. The molecule has 150 valence electrons. The normalized spacial score (nSPS) is 10.6. The van der Waals surface area contributed by atoms with Gasteiger partial charge in [-0.05, 0) is 105 Å². The van der Waals surface area contributed by atoms with Gasteiger partial charge in [-0.1, -0.05) is 12.1 Å². The van der Waals surface area contributed by atoms with E-state index >= 15 is 0 Å². The van der Waals surface area contributed by atoms with Gasteiger partial charge in [0, 0.05) is 3.57 Å². The number of carbonyl (C=O) groups excluding carboxylic acids is 1. The molecule has 0 heterocycles. The summed E-state index contributed by atoms with van der Waals surface area (Å²) in [6, 6.07) is 19.1. The first-order valence-electron chi connectivity index (χ1n) is 8.66. The Labute approximate surface area is 200 Å². The molecule has 8 heteroatoms. The van der Waals surface area contributed by atoms with Crippen molar-refractivity contribution in [3.05, 3.63) is 95.9 Å². The van der Waals surface area contributed by atoms with E-state index in [1.165, 1.54) is 21.9 Å². The highest BCUT2D eigenvalue weighted by Gasteiger charge is 2.11. The van der Waals surface area contributed by atoms with Gasteiger partial charge in [0.1, 0.15) is 18.2 Å². The number of halogens is 3. The average Bonchev–Trinajstić information content (AvgIpc) is 2.74. The Kier molecular flexibility index (Phi) is 7.75. The number of nitrogens with zero attached hydrogens (tertiary/aromatic N) is 2. The van der Waals surface area contributed by atoms with E-state index < -0.39 is 11.7 Å². The van der Waals surface area contributed by atoms with Gasteiger partial charge in [0.15, 0.2) is 0 Å². The number of nitrogens with one attached hydrogen (secondary N) is 1. The Morgan fingerprint density at radius 2 is 1.90 bits per heavy atom. The van der Waals surface area contributed by atoms with Crippen molar-refractivity contribution in [3.63, 3.8) is 0 Å². The molecule has 1 N–H and O–H groups in total. The predicted octanol–water partition coefficient (Wildman–Crippen LogP) is 5.25. The van der Waals surface area contributed by atoms with Gasteiger partial charge in [0.05, 0.1) is 27.0 Å². The Morgan fingerprint density at radius 1 is 1.13 bits per heavy atom. The Balaban J connectivity index is 1.59. The van der Waals surface area contributed by atoms with Crippen LogP contribution in [0.15, 0.2) is 65.8 Å². The number of hydrogen-bond donors (Lipinski definition) is 1. The van der Waals surface area contributed by atoms with E-state index in [1.807, 2.05) is 48.5 Å². The van der Waals surface area contributed by atoms with Crippen LogP contribution >= 0.6 is 45.2 Å². The molecule has 5 nitrogen and oxygen atoms in total. The smallest absolute Gasteiger partial charge is 0.274 e. The summed E-state index contributed by atoms with van der Waals surface area (Å²) < 4.78 is 21.8. The van der Waals surface area contributed by atoms with Crippen LogP contribution in [0.3, 0.4) is 0 Å². The van der Waals surface area contributed by atoms with E-state index in [2.05, 4.69) is 55.7 Å². The molecule has 0 aliphatic rings.